The third-order valence-corrected chi connectivity index (χ3v) is 4.51. The van der Waals surface area contributed by atoms with E-state index in [1.165, 1.54) is 19.4 Å². The van der Waals surface area contributed by atoms with Crippen molar-refractivity contribution < 1.29 is 33.2 Å². The number of methoxy groups -OCH3 is 1. The first-order valence-corrected chi connectivity index (χ1v) is 9.61. The Balaban J connectivity index is 1.89. The number of nitrogens with zero attached hydrogens (tertiary/aromatic N) is 1. The first-order chi connectivity index (χ1) is 14.2. The topological polar surface area (TPSA) is 152 Å². The predicted octanol–water partition coefficient (Wildman–Crippen LogP) is -0.575. The van der Waals surface area contributed by atoms with Gasteiger partial charge in [0.05, 0.1) is 25.8 Å². The van der Waals surface area contributed by atoms with E-state index in [0.717, 1.165) is 0 Å². The summed E-state index contributed by atoms with van der Waals surface area (Å²) in [5.41, 5.74) is -0.849. The molecular formula is C19H28N4O7. The molecule has 11 nitrogen and oxygen atoms in total. The average Bonchev–Trinajstić information content (AvgIpc) is 3.20. The molecule has 2 heterocycles. The molecule has 3 N–H and O–H groups in total. The van der Waals surface area contributed by atoms with E-state index in [4.69, 9.17) is 9.47 Å². The number of aromatic nitrogens is 1. The van der Waals surface area contributed by atoms with Gasteiger partial charge in [0.2, 0.25) is 11.8 Å². The van der Waals surface area contributed by atoms with Gasteiger partial charge in [0.1, 0.15) is 17.9 Å². The minimum Gasteiger partial charge on any atom is -0.382 e. The highest BCUT2D eigenvalue weighted by Crippen LogP contribution is 2.29. The first kappa shape index (κ1) is 23.5. The Bertz CT molecular complexity index is 759. The van der Waals surface area contributed by atoms with E-state index in [9.17, 15) is 19.2 Å². The van der Waals surface area contributed by atoms with E-state index in [1.54, 1.807) is 6.92 Å². The van der Waals surface area contributed by atoms with Gasteiger partial charge in [0, 0.05) is 13.2 Å². The second-order valence-electron chi connectivity index (χ2n) is 7.72. The number of Topliss-reactive ketones (excluding diaryl/α,β-unsaturated/α-hetero) is 1. The maximum Gasteiger partial charge on any atom is 0.274 e. The molecule has 30 heavy (non-hydrogen) atoms. The van der Waals surface area contributed by atoms with Crippen LogP contribution in [0.1, 0.15) is 37.7 Å². The monoisotopic (exact) mass is 424 g/mol. The van der Waals surface area contributed by atoms with Crippen molar-refractivity contribution >= 4 is 23.5 Å². The third kappa shape index (κ3) is 6.63. The normalized spacial score (nSPS) is 19.6. The van der Waals surface area contributed by atoms with Crippen LogP contribution < -0.4 is 16.0 Å². The molecule has 2 rings (SSSR count). The van der Waals surface area contributed by atoms with Gasteiger partial charge in [-0.15, -0.1) is 0 Å². The minimum absolute atomic E-state index is 0.00692. The van der Waals surface area contributed by atoms with Crippen molar-refractivity contribution in [2.45, 2.75) is 44.9 Å². The average molecular weight is 424 g/mol. The van der Waals surface area contributed by atoms with E-state index in [-0.39, 0.29) is 30.5 Å². The standard InChI is InChI=1S/C19H28N4O7/c1-11(2)7-13(16(25)19(3)10-29-19)21-15(24)8-20-17(26)14(9-28-4)22-18(27)12-5-6-30-23-12/h5-6,11,13-14H,7-10H2,1-4H3,(H,20,26)(H,21,24)(H,22,27). The van der Waals surface area contributed by atoms with Gasteiger partial charge in [-0.1, -0.05) is 19.0 Å². The van der Waals surface area contributed by atoms with Gasteiger partial charge >= 0.3 is 0 Å². The van der Waals surface area contributed by atoms with Gasteiger partial charge in [-0.3, -0.25) is 19.2 Å². The Kier molecular flexibility index (Phi) is 8.07. The number of ketones is 1. The largest absolute Gasteiger partial charge is 0.382 e. The molecule has 0 aliphatic carbocycles. The zero-order valence-corrected chi connectivity index (χ0v) is 17.5. The van der Waals surface area contributed by atoms with Crippen LogP contribution >= 0.6 is 0 Å². The van der Waals surface area contributed by atoms with Gasteiger partial charge in [0.25, 0.3) is 5.91 Å². The van der Waals surface area contributed by atoms with Crippen LogP contribution in [-0.2, 0) is 23.9 Å². The smallest absolute Gasteiger partial charge is 0.274 e. The molecule has 1 aliphatic rings. The summed E-state index contributed by atoms with van der Waals surface area (Å²) in [6.07, 6.45) is 1.68. The summed E-state index contributed by atoms with van der Waals surface area (Å²) in [5, 5.41) is 11.0. The second-order valence-corrected chi connectivity index (χ2v) is 7.72. The summed E-state index contributed by atoms with van der Waals surface area (Å²) in [7, 11) is 1.37. The Morgan fingerprint density at radius 2 is 1.93 bits per heavy atom. The molecule has 3 atom stereocenters. The lowest BCUT2D eigenvalue weighted by molar-refractivity contribution is -0.131. The van der Waals surface area contributed by atoms with Crippen molar-refractivity contribution in [3.05, 3.63) is 18.0 Å². The summed E-state index contributed by atoms with van der Waals surface area (Å²) >= 11 is 0. The maximum absolute atomic E-state index is 12.6. The second kappa shape index (κ2) is 10.3. The number of rotatable bonds is 12. The molecule has 1 saturated heterocycles. The molecule has 1 aromatic heterocycles. The van der Waals surface area contributed by atoms with Crippen molar-refractivity contribution in [2.75, 3.05) is 26.9 Å². The number of carbonyl (C=O) groups excluding carboxylic acids is 4. The van der Waals surface area contributed by atoms with Crippen LogP contribution in [0.15, 0.2) is 16.9 Å². The van der Waals surface area contributed by atoms with Gasteiger partial charge < -0.3 is 29.9 Å². The minimum atomic E-state index is -1.04. The Hall–Kier alpha value is -2.79. The molecule has 0 aromatic carbocycles. The van der Waals surface area contributed by atoms with Crippen LogP contribution in [0.2, 0.25) is 0 Å². The van der Waals surface area contributed by atoms with Gasteiger partial charge in [-0.2, -0.15) is 0 Å². The highest BCUT2D eigenvalue weighted by Gasteiger charge is 2.50. The number of carbonyl (C=O) groups is 4. The predicted molar refractivity (Wildman–Crippen MR) is 103 cm³/mol. The zero-order valence-electron chi connectivity index (χ0n) is 17.5. The zero-order chi connectivity index (χ0) is 22.3. The van der Waals surface area contributed by atoms with Crippen molar-refractivity contribution in [2.24, 2.45) is 5.92 Å². The number of hydrogen-bond acceptors (Lipinski definition) is 8. The molecule has 1 fully saturated rings. The first-order valence-electron chi connectivity index (χ1n) is 9.61. The number of amides is 3. The molecule has 166 valence electrons. The molecule has 0 radical (unpaired) electrons. The van der Waals surface area contributed by atoms with Gasteiger partial charge in [-0.05, 0) is 19.3 Å². The van der Waals surface area contributed by atoms with E-state index < -0.39 is 35.4 Å². The highest BCUT2D eigenvalue weighted by molar-refractivity contribution is 5.98. The lowest BCUT2D eigenvalue weighted by Gasteiger charge is -2.22. The van der Waals surface area contributed by atoms with Crippen LogP contribution in [0, 0.1) is 5.92 Å². The van der Waals surface area contributed by atoms with Crippen molar-refractivity contribution in [3.63, 3.8) is 0 Å². The molecular weight excluding hydrogens is 396 g/mol. The molecule has 1 aromatic rings. The summed E-state index contributed by atoms with van der Waals surface area (Å²) in [6, 6.07) is -0.400. The highest BCUT2D eigenvalue weighted by atomic mass is 16.6. The van der Waals surface area contributed by atoms with Gasteiger partial charge in [-0.25, -0.2) is 0 Å². The van der Waals surface area contributed by atoms with Crippen molar-refractivity contribution in [1.29, 1.82) is 0 Å². The SMILES string of the molecule is COCC(NC(=O)c1ccon1)C(=O)NCC(=O)NC(CC(C)C)C(=O)C1(C)CO1. The molecule has 0 spiro atoms. The molecule has 0 saturated carbocycles. The third-order valence-electron chi connectivity index (χ3n) is 4.51. The fourth-order valence-corrected chi connectivity index (χ4v) is 2.77. The van der Waals surface area contributed by atoms with Crippen molar-refractivity contribution in [3.8, 4) is 0 Å². The van der Waals surface area contributed by atoms with Crippen LogP contribution in [0.25, 0.3) is 0 Å². The Labute approximate surface area is 174 Å². The number of epoxide rings is 1. The summed E-state index contributed by atoms with van der Waals surface area (Å²) in [4.78, 5) is 49.3. The Morgan fingerprint density at radius 3 is 2.47 bits per heavy atom. The van der Waals surface area contributed by atoms with Gasteiger partial charge in [0.15, 0.2) is 11.5 Å². The molecule has 3 unspecified atom stereocenters. The quantitative estimate of drug-likeness (QED) is 0.377. The molecule has 3 amide bonds. The van der Waals surface area contributed by atoms with Crippen LogP contribution in [0.4, 0.5) is 0 Å². The number of ether oxygens (including phenoxy) is 2. The van der Waals surface area contributed by atoms with E-state index >= 15 is 0 Å². The molecule has 11 heteroatoms. The van der Waals surface area contributed by atoms with E-state index in [1.807, 2.05) is 13.8 Å². The summed E-state index contributed by atoms with van der Waals surface area (Å²) in [6.45, 7) is 5.42. The number of hydrogen-bond donors (Lipinski definition) is 3. The number of nitrogens with one attached hydrogen (secondary N) is 3. The lowest BCUT2D eigenvalue weighted by atomic mass is 9.93. The van der Waals surface area contributed by atoms with Crippen LogP contribution in [-0.4, -0.2) is 73.2 Å². The lowest BCUT2D eigenvalue weighted by Crippen LogP contribution is -2.53. The molecule has 1 aliphatic heterocycles. The van der Waals surface area contributed by atoms with Crippen LogP contribution in [0.5, 0.6) is 0 Å². The fourth-order valence-electron chi connectivity index (χ4n) is 2.77. The summed E-state index contributed by atoms with van der Waals surface area (Å²) in [5.74, 6) is -1.77. The fraction of sp³-hybridized carbons (Fsp3) is 0.632. The Morgan fingerprint density at radius 1 is 1.23 bits per heavy atom. The summed E-state index contributed by atoms with van der Waals surface area (Å²) < 4.78 is 14.7. The maximum atomic E-state index is 12.6. The van der Waals surface area contributed by atoms with E-state index in [2.05, 4.69) is 25.6 Å². The molecule has 0 bridgehead atoms. The van der Waals surface area contributed by atoms with Crippen molar-refractivity contribution in [1.82, 2.24) is 21.1 Å². The van der Waals surface area contributed by atoms with E-state index in [0.29, 0.717) is 13.0 Å². The van der Waals surface area contributed by atoms with Crippen LogP contribution in [0.3, 0.4) is 0 Å².